The lowest BCUT2D eigenvalue weighted by molar-refractivity contribution is 0.129. The Morgan fingerprint density at radius 2 is 1.83 bits per heavy atom. The predicted octanol–water partition coefficient (Wildman–Crippen LogP) is 3.58. The van der Waals surface area contributed by atoms with Crippen LogP contribution in [0.5, 0.6) is 5.75 Å². The van der Waals surface area contributed by atoms with Crippen molar-refractivity contribution in [3.05, 3.63) is 60.4 Å². The van der Waals surface area contributed by atoms with E-state index < -0.39 is 0 Å². The van der Waals surface area contributed by atoms with Gasteiger partial charge in [-0.2, -0.15) is 0 Å². The van der Waals surface area contributed by atoms with Gasteiger partial charge >= 0.3 is 0 Å². The van der Waals surface area contributed by atoms with Crippen LogP contribution in [0.15, 0.2) is 59.6 Å². The van der Waals surface area contributed by atoms with Gasteiger partial charge < -0.3 is 19.5 Å². The summed E-state index contributed by atoms with van der Waals surface area (Å²) in [7, 11) is 2.06. The van der Waals surface area contributed by atoms with Crippen molar-refractivity contribution in [2.75, 3.05) is 19.6 Å². The first-order chi connectivity index (χ1) is 14.2. The van der Waals surface area contributed by atoms with Crippen molar-refractivity contribution in [2.24, 2.45) is 12.0 Å². The van der Waals surface area contributed by atoms with E-state index in [0.29, 0.717) is 6.54 Å². The SMILES string of the molecule is CCNC(=NCc1nc2ccccc2n1C)N1CCC(Oc2ccccc2)CC1. The average Bonchev–Trinajstić information content (AvgIpc) is 3.08. The molecular weight excluding hydrogens is 362 g/mol. The van der Waals surface area contributed by atoms with Crippen LogP contribution in [0.1, 0.15) is 25.6 Å². The molecule has 1 aliphatic rings. The number of rotatable bonds is 5. The second-order valence-electron chi connectivity index (χ2n) is 7.36. The third-order valence-electron chi connectivity index (χ3n) is 5.37. The third-order valence-corrected chi connectivity index (χ3v) is 5.37. The number of fused-ring (bicyclic) bond motifs is 1. The molecule has 1 N–H and O–H groups in total. The maximum absolute atomic E-state index is 6.12. The molecule has 0 aliphatic carbocycles. The number of hydrogen-bond donors (Lipinski definition) is 1. The number of likely N-dealkylation sites (tertiary alicyclic amines) is 1. The van der Waals surface area contributed by atoms with Crippen molar-refractivity contribution in [1.82, 2.24) is 19.8 Å². The van der Waals surface area contributed by atoms with Gasteiger partial charge in [0.1, 0.15) is 24.2 Å². The van der Waals surface area contributed by atoms with Crippen LogP contribution in [0.2, 0.25) is 0 Å². The number of nitrogens with one attached hydrogen (secondary N) is 1. The van der Waals surface area contributed by atoms with E-state index >= 15 is 0 Å². The fourth-order valence-electron chi connectivity index (χ4n) is 3.79. The van der Waals surface area contributed by atoms with E-state index in [9.17, 15) is 0 Å². The maximum atomic E-state index is 6.12. The van der Waals surface area contributed by atoms with Crippen molar-refractivity contribution >= 4 is 17.0 Å². The predicted molar refractivity (Wildman–Crippen MR) is 117 cm³/mol. The fourth-order valence-corrected chi connectivity index (χ4v) is 3.79. The highest BCUT2D eigenvalue weighted by Gasteiger charge is 2.23. The van der Waals surface area contributed by atoms with Crippen LogP contribution in [-0.4, -0.2) is 46.1 Å². The van der Waals surface area contributed by atoms with Gasteiger partial charge in [-0.3, -0.25) is 0 Å². The quantitative estimate of drug-likeness (QED) is 0.534. The van der Waals surface area contributed by atoms with Crippen LogP contribution in [0.4, 0.5) is 0 Å². The Balaban J connectivity index is 1.40. The van der Waals surface area contributed by atoms with Crippen LogP contribution in [0.3, 0.4) is 0 Å². The van der Waals surface area contributed by atoms with Crippen molar-refractivity contribution < 1.29 is 4.74 Å². The van der Waals surface area contributed by atoms with E-state index in [4.69, 9.17) is 14.7 Å². The molecule has 4 rings (SSSR count). The van der Waals surface area contributed by atoms with Crippen molar-refractivity contribution in [1.29, 1.82) is 0 Å². The zero-order valence-corrected chi connectivity index (χ0v) is 17.2. The number of guanidine groups is 1. The molecule has 2 aromatic carbocycles. The monoisotopic (exact) mass is 391 g/mol. The Morgan fingerprint density at radius 3 is 2.55 bits per heavy atom. The number of hydrogen-bond acceptors (Lipinski definition) is 3. The number of nitrogens with zero attached hydrogens (tertiary/aromatic N) is 4. The molecule has 0 atom stereocenters. The Labute approximate surface area is 172 Å². The minimum atomic E-state index is 0.261. The molecule has 6 nitrogen and oxygen atoms in total. The molecule has 152 valence electrons. The normalized spacial score (nSPS) is 15.7. The molecule has 6 heteroatoms. The van der Waals surface area contributed by atoms with Crippen LogP contribution >= 0.6 is 0 Å². The van der Waals surface area contributed by atoms with Gasteiger partial charge in [0.05, 0.1) is 11.0 Å². The Kier molecular flexibility index (Phi) is 5.98. The van der Waals surface area contributed by atoms with Gasteiger partial charge in [-0.1, -0.05) is 30.3 Å². The lowest BCUT2D eigenvalue weighted by Crippen LogP contribution is -2.47. The Hall–Kier alpha value is -3.02. The molecule has 0 spiro atoms. The highest BCUT2D eigenvalue weighted by atomic mass is 16.5. The Bertz CT molecular complexity index is 958. The third kappa shape index (κ3) is 4.53. The number of ether oxygens (including phenoxy) is 1. The summed E-state index contributed by atoms with van der Waals surface area (Å²) in [6.45, 7) is 5.39. The lowest BCUT2D eigenvalue weighted by Gasteiger charge is -2.34. The Morgan fingerprint density at radius 1 is 1.10 bits per heavy atom. The number of aromatic nitrogens is 2. The van der Waals surface area contributed by atoms with Gasteiger partial charge in [-0.15, -0.1) is 0 Å². The van der Waals surface area contributed by atoms with E-state index in [0.717, 1.165) is 61.0 Å². The molecular formula is C23H29N5O. The largest absolute Gasteiger partial charge is 0.490 e. The van der Waals surface area contributed by atoms with E-state index in [1.165, 1.54) is 0 Å². The average molecular weight is 392 g/mol. The fraction of sp³-hybridized carbons (Fsp3) is 0.391. The molecule has 3 aromatic rings. The summed E-state index contributed by atoms with van der Waals surface area (Å²) in [5.74, 6) is 2.88. The molecule has 1 fully saturated rings. The number of para-hydroxylation sites is 3. The summed E-state index contributed by atoms with van der Waals surface area (Å²) in [5.41, 5.74) is 2.16. The molecule has 1 saturated heterocycles. The van der Waals surface area contributed by atoms with Crippen molar-refractivity contribution in [3.63, 3.8) is 0 Å². The van der Waals surface area contributed by atoms with Gasteiger partial charge in [0, 0.05) is 39.5 Å². The molecule has 0 radical (unpaired) electrons. The maximum Gasteiger partial charge on any atom is 0.194 e. The van der Waals surface area contributed by atoms with Crippen LogP contribution in [0, 0.1) is 0 Å². The molecule has 0 saturated carbocycles. The van der Waals surface area contributed by atoms with Crippen LogP contribution < -0.4 is 10.1 Å². The smallest absolute Gasteiger partial charge is 0.194 e. The number of aliphatic imine (C=N–C) groups is 1. The zero-order chi connectivity index (χ0) is 20.1. The molecule has 0 bridgehead atoms. The summed E-state index contributed by atoms with van der Waals surface area (Å²) in [4.78, 5) is 11.9. The molecule has 1 aliphatic heterocycles. The van der Waals surface area contributed by atoms with Crippen LogP contribution in [-0.2, 0) is 13.6 Å². The lowest BCUT2D eigenvalue weighted by atomic mass is 10.1. The first-order valence-corrected chi connectivity index (χ1v) is 10.4. The summed E-state index contributed by atoms with van der Waals surface area (Å²) < 4.78 is 8.25. The minimum Gasteiger partial charge on any atom is -0.490 e. The second-order valence-corrected chi connectivity index (χ2v) is 7.36. The topological polar surface area (TPSA) is 54.7 Å². The van der Waals surface area contributed by atoms with Crippen LogP contribution in [0.25, 0.3) is 11.0 Å². The summed E-state index contributed by atoms with van der Waals surface area (Å²) in [5, 5.41) is 3.44. The number of aryl methyl sites for hydroxylation is 1. The van der Waals surface area contributed by atoms with E-state index in [1.54, 1.807) is 0 Å². The number of piperidine rings is 1. The first kappa shape index (κ1) is 19.3. The van der Waals surface area contributed by atoms with E-state index in [1.807, 2.05) is 48.5 Å². The number of benzene rings is 2. The first-order valence-electron chi connectivity index (χ1n) is 10.4. The summed E-state index contributed by atoms with van der Waals surface area (Å²) in [6.07, 6.45) is 2.24. The van der Waals surface area contributed by atoms with Gasteiger partial charge in [0.25, 0.3) is 0 Å². The van der Waals surface area contributed by atoms with Gasteiger partial charge in [-0.05, 0) is 31.2 Å². The molecule has 2 heterocycles. The van der Waals surface area contributed by atoms with E-state index in [-0.39, 0.29) is 6.10 Å². The number of imidazole rings is 1. The van der Waals surface area contributed by atoms with E-state index in [2.05, 4.69) is 34.8 Å². The second kappa shape index (κ2) is 8.99. The van der Waals surface area contributed by atoms with Crippen molar-refractivity contribution in [2.45, 2.75) is 32.4 Å². The molecule has 0 amide bonds. The summed E-state index contributed by atoms with van der Waals surface area (Å²) in [6, 6.07) is 18.3. The molecule has 29 heavy (non-hydrogen) atoms. The minimum absolute atomic E-state index is 0.261. The van der Waals surface area contributed by atoms with Gasteiger partial charge in [0.15, 0.2) is 5.96 Å². The standard InChI is InChI=1S/C23H29N5O/c1-3-24-23(25-17-22-26-20-11-7-8-12-21(20)27(22)2)28-15-13-19(14-16-28)29-18-9-5-4-6-10-18/h4-12,19H,3,13-17H2,1-2H3,(H,24,25). The van der Waals surface area contributed by atoms with Gasteiger partial charge in [0.2, 0.25) is 0 Å². The highest BCUT2D eigenvalue weighted by molar-refractivity contribution is 5.80. The van der Waals surface area contributed by atoms with Crippen molar-refractivity contribution in [3.8, 4) is 5.75 Å². The van der Waals surface area contributed by atoms with Gasteiger partial charge in [-0.25, -0.2) is 9.98 Å². The highest BCUT2D eigenvalue weighted by Crippen LogP contribution is 2.19. The molecule has 1 aromatic heterocycles. The summed E-state index contributed by atoms with van der Waals surface area (Å²) >= 11 is 0. The zero-order valence-electron chi connectivity index (χ0n) is 17.2. The molecule has 0 unspecified atom stereocenters.